The van der Waals surface area contributed by atoms with Crippen LogP contribution in [0.2, 0.25) is 0 Å². The van der Waals surface area contributed by atoms with Crippen molar-refractivity contribution in [1.29, 1.82) is 0 Å². The van der Waals surface area contributed by atoms with Gasteiger partial charge in [0.05, 0.1) is 30.6 Å². The van der Waals surface area contributed by atoms with Crippen molar-refractivity contribution in [3.63, 3.8) is 0 Å². The number of carbonyl (C=O) groups is 3. The van der Waals surface area contributed by atoms with Crippen molar-refractivity contribution < 1.29 is 19.1 Å². The maximum atomic E-state index is 13.4. The summed E-state index contributed by atoms with van der Waals surface area (Å²) >= 11 is 0. The van der Waals surface area contributed by atoms with Gasteiger partial charge >= 0.3 is 0 Å². The molecule has 3 N–H and O–H groups in total. The van der Waals surface area contributed by atoms with E-state index in [1.807, 2.05) is 18.2 Å². The van der Waals surface area contributed by atoms with Gasteiger partial charge in [-0.1, -0.05) is 24.3 Å². The number of rotatable bonds is 5. The van der Waals surface area contributed by atoms with E-state index in [1.54, 1.807) is 35.2 Å². The normalized spacial score (nSPS) is 16.8. The number of ether oxygens (including phenoxy) is 1. The van der Waals surface area contributed by atoms with Crippen molar-refractivity contribution >= 4 is 29.1 Å². The van der Waals surface area contributed by atoms with Crippen molar-refractivity contribution in [2.75, 3.05) is 50.9 Å². The van der Waals surface area contributed by atoms with E-state index in [0.29, 0.717) is 65.9 Å². The maximum absolute atomic E-state index is 13.4. The van der Waals surface area contributed by atoms with Gasteiger partial charge in [-0.15, -0.1) is 0 Å². The second-order valence-electron chi connectivity index (χ2n) is 8.66. The Labute approximate surface area is 208 Å². The number of hydrogen-bond acceptors (Lipinski definition) is 8. The minimum Gasteiger partial charge on any atom is -0.495 e. The molecule has 1 saturated heterocycles. The number of nitrogens with two attached hydrogens (primary N) is 1. The first-order valence-electron chi connectivity index (χ1n) is 11.7. The molecule has 10 nitrogen and oxygen atoms in total. The third kappa shape index (κ3) is 4.21. The number of Topliss-reactive ketones (excluding diaryl/α,β-unsaturated/α-hetero) is 1. The van der Waals surface area contributed by atoms with Crippen molar-refractivity contribution in [1.82, 2.24) is 19.8 Å². The topological polar surface area (TPSA) is 131 Å². The summed E-state index contributed by atoms with van der Waals surface area (Å²) < 4.78 is 5.49. The summed E-state index contributed by atoms with van der Waals surface area (Å²) in [5.41, 5.74) is 8.73. The highest BCUT2D eigenvalue weighted by Gasteiger charge is 2.39. The standard InChI is InChI=1S/C26H26N6O4/c1-36-19-15-29-22(18-8-5-9-20(27)30-18)23-21(19)17(14-28-23)24(33)26(35)32-12-10-31(11-13-32)25(34)16-6-3-2-4-7-16/h2-9,15,17,28H,10-14H2,1H3,(H2,27,30). The Morgan fingerprint density at radius 2 is 1.72 bits per heavy atom. The predicted octanol–water partition coefficient (Wildman–Crippen LogP) is 1.80. The predicted molar refractivity (Wildman–Crippen MR) is 134 cm³/mol. The van der Waals surface area contributed by atoms with E-state index in [4.69, 9.17) is 10.5 Å². The first-order valence-corrected chi connectivity index (χ1v) is 11.7. The number of nitrogens with one attached hydrogen (secondary N) is 1. The van der Waals surface area contributed by atoms with Crippen LogP contribution in [0, 0.1) is 0 Å². The van der Waals surface area contributed by atoms with Gasteiger partial charge in [0.2, 0.25) is 5.78 Å². The molecule has 5 rings (SSSR count). The fourth-order valence-corrected chi connectivity index (χ4v) is 4.68. The van der Waals surface area contributed by atoms with E-state index in [2.05, 4.69) is 15.3 Å². The molecule has 0 saturated carbocycles. The number of hydrogen-bond donors (Lipinski definition) is 2. The number of ketones is 1. The summed E-state index contributed by atoms with van der Waals surface area (Å²) in [5.74, 6) is -1.13. The zero-order chi connectivity index (χ0) is 25.2. The molecule has 1 aromatic carbocycles. The molecule has 0 radical (unpaired) electrons. The number of aromatic nitrogens is 2. The summed E-state index contributed by atoms with van der Waals surface area (Å²) in [6, 6.07) is 14.3. The Kier molecular flexibility index (Phi) is 6.24. The van der Waals surface area contributed by atoms with Crippen LogP contribution in [0.15, 0.2) is 54.7 Å². The molecule has 0 bridgehead atoms. The van der Waals surface area contributed by atoms with E-state index >= 15 is 0 Å². The van der Waals surface area contributed by atoms with Crippen LogP contribution in [-0.4, -0.2) is 77.2 Å². The SMILES string of the molecule is COc1cnc(-c2cccc(N)n2)c2c1C(C(=O)C(=O)N1CCN(C(=O)c3ccccc3)CC1)CN2. The summed E-state index contributed by atoms with van der Waals surface area (Å²) in [6.45, 7) is 1.56. The van der Waals surface area contributed by atoms with Gasteiger partial charge in [0.15, 0.2) is 0 Å². The van der Waals surface area contributed by atoms with Crippen LogP contribution in [0.25, 0.3) is 11.4 Å². The summed E-state index contributed by atoms with van der Waals surface area (Å²) in [7, 11) is 1.50. The molecular formula is C26H26N6O4. The number of nitrogen functional groups attached to an aromatic ring is 1. The molecule has 184 valence electrons. The van der Waals surface area contributed by atoms with Crippen molar-refractivity contribution in [3.05, 3.63) is 65.9 Å². The van der Waals surface area contributed by atoms with Gasteiger partial charge < -0.3 is 25.6 Å². The zero-order valence-corrected chi connectivity index (χ0v) is 19.8. The Morgan fingerprint density at radius 1 is 1.00 bits per heavy atom. The third-order valence-electron chi connectivity index (χ3n) is 6.55. The first-order chi connectivity index (χ1) is 17.5. The number of nitrogens with zero attached hydrogens (tertiary/aromatic N) is 4. The lowest BCUT2D eigenvalue weighted by atomic mass is 9.94. The van der Waals surface area contributed by atoms with Crippen LogP contribution >= 0.6 is 0 Å². The number of anilines is 2. The lowest BCUT2D eigenvalue weighted by molar-refractivity contribution is -0.146. The van der Waals surface area contributed by atoms with Crippen LogP contribution in [0.1, 0.15) is 21.8 Å². The average Bonchev–Trinajstić information content (AvgIpc) is 3.37. The molecular weight excluding hydrogens is 460 g/mol. The summed E-state index contributed by atoms with van der Waals surface area (Å²) in [5, 5.41) is 3.22. The Hall–Kier alpha value is -4.47. The van der Waals surface area contributed by atoms with E-state index in [9.17, 15) is 14.4 Å². The van der Waals surface area contributed by atoms with Crippen molar-refractivity contribution in [2.24, 2.45) is 0 Å². The van der Waals surface area contributed by atoms with E-state index in [-0.39, 0.29) is 12.5 Å². The minimum atomic E-state index is -0.728. The monoisotopic (exact) mass is 486 g/mol. The first kappa shape index (κ1) is 23.3. The Morgan fingerprint density at radius 3 is 2.42 bits per heavy atom. The number of fused-ring (bicyclic) bond motifs is 1. The van der Waals surface area contributed by atoms with Crippen molar-refractivity contribution in [3.8, 4) is 17.1 Å². The minimum absolute atomic E-state index is 0.0807. The van der Waals surface area contributed by atoms with Gasteiger partial charge in [-0.2, -0.15) is 0 Å². The lowest BCUT2D eigenvalue weighted by Crippen LogP contribution is -2.52. The van der Waals surface area contributed by atoms with Crippen LogP contribution in [0.4, 0.5) is 11.5 Å². The second-order valence-corrected chi connectivity index (χ2v) is 8.66. The number of pyridine rings is 2. The quantitative estimate of drug-likeness (QED) is 0.522. The zero-order valence-electron chi connectivity index (χ0n) is 19.8. The van der Waals surface area contributed by atoms with Crippen LogP contribution in [0.5, 0.6) is 5.75 Å². The number of carbonyl (C=O) groups excluding carboxylic acids is 3. The molecule has 2 aliphatic rings. The number of amides is 2. The highest BCUT2D eigenvalue weighted by atomic mass is 16.5. The molecule has 4 heterocycles. The molecule has 36 heavy (non-hydrogen) atoms. The molecule has 1 atom stereocenters. The number of methoxy groups -OCH3 is 1. The fraction of sp³-hybridized carbons (Fsp3) is 0.269. The molecule has 0 aliphatic carbocycles. The van der Waals surface area contributed by atoms with Gasteiger partial charge in [0.25, 0.3) is 11.8 Å². The molecule has 2 amide bonds. The molecule has 1 fully saturated rings. The summed E-state index contributed by atoms with van der Waals surface area (Å²) in [4.78, 5) is 51.3. The molecule has 2 aromatic heterocycles. The molecule has 0 spiro atoms. The van der Waals surface area contributed by atoms with Crippen LogP contribution in [-0.2, 0) is 9.59 Å². The third-order valence-corrected chi connectivity index (χ3v) is 6.55. The largest absolute Gasteiger partial charge is 0.495 e. The van der Waals surface area contributed by atoms with E-state index in [0.717, 1.165) is 0 Å². The van der Waals surface area contributed by atoms with E-state index in [1.165, 1.54) is 18.2 Å². The molecule has 2 aliphatic heterocycles. The molecule has 1 unspecified atom stereocenters. The maximum Gasteiger partial charge on any atom is 0.290 e. The number of benzene rings is 1. The van der Waals surface area contributed by atoms with Gasteiger partial charge in [-0.05, 0) is 24.3 Å². The van der Waals surface area contributed by atoms with Gasteiger partial charge in [0.1, 0.15) is 17.3 Å². The van der Waals surface area contributed by atoms with Gasteiger partial charge in [-0.25, -0.2) is 9.97 Å². The lowest BCUT2D eigenvalue weighted by Gasteiger charge is -2.34. The van der Waals surface area contributed by atoms with Gasteiger partial charge in [-0.3, -0.25) is 14.4 Å². The second kappa shape index (κ2) is 9.65. The van der Waals surface area contributed by atoms with Crippen molar-refractivity contribution in [2.45, 2.75) is 5.92 Å². The van der Waals surface area contributed by atoms with E-state index < -0.39 is 17.6 Å². The summed E-state index contributed by atoms with van der Waals surface area (Å²) in [6.07, 6.45) is 1.53. The average molecular weight is 487 g/mol. The van der Waals surface area contributed by atoms with Crippen LogP contribution < -0.4 is 15.8 Å². The Bertz CT molecular complexity index is 1320. The molecule has 10 heteroatoms. The van der Waals surface area contributed by atoms with Crippen LogP contribution in [0.3, 0.4) is 0 Å². The fourth-order valence-electron chi connectivity index (χ4n) is 4.68. The highest BCUT2D eigenvalue weighted by molar-refractivity contribution is 6.38. The number of piperazine rings is 1. The smallest absolute Gasteiger partial charge is 0.290 e. The molecule has 3 aromatic rings. The highest BCUT2D eigenvalue weighted by Crippen LogP contribution is 2.43. The van der Waals surface area contributed by atoms with Gasteiger partial charge in [0, 0.05) is 43.9 Å². The Balaban J connectivity index is 1.33.